The Bertz CT molecular complexity index is 1030. The molecule has 2 aromatic heterocycles. The van der Waals surface area contributed by atoms with Gasteiger partial charge in [0.15, 0.2) is 5.11 Å². The van der Waals surface area contributed by atoms with Crippen molar-refractivity contribution in [2.75, 3.05) is 6.61 Å². The quantitative estimate of drug-likeness (QED) is 0.543. The van der Waals surface area contributed by atoms with Gasteiger partial charge in [-0.1, -0.05) is 18.9 Å². The number of aromatic nitrogens is 2. The highest BCUT2D eigenvalue weighted by atomic mass is 32.1. The van der Waals surface area contributed by atoms with Gasteiger partial charge in [0, 0.05) is 29.8 Å². The fourth-order valence-electron chi connectivity index (χ4n) is 5.00. The van der Waals surface area contributed by atoms with Crippen molar-refractivity contribution >= 4 is 17.3 Å². The molecule has 0 bridgehead atoms. The van der Waals surface area contributed by atoms with E-state index in [9.17, 15) is 0 Å². The molecule has 0 unspecified atom stereocenters. The summed E-state index contributed by atoms with van der Waals surface area (Å²) in [4.78, 5) is 7.12. The third-order valence-electron chi connectivity index (χ3n) is 6.36. The largest absolute Gasteiger partial charge is 0.494 e. The Kier molecular flexibility index (Phi) is 5.64. The first-order valence-corrected chi connectivity index (χ1v) is 11.6. The molecule has 6 heteroatoms. The summed E-state index contributed by atoms with van der Waals surface area (Å²) < 4.78 is 7.90. The average Bonchev–Trinajstić information content (AvgIpc) is 3.54. The van der Waals surface area contributed by atoms with Gasteiger partial charge in [0.1, 0.15) is 5.75 Å². The number of nitrogens with one attached hydrogen (secondary N) is 1. The third-order valence-corrected chi connectivity index (χ3v) is 6.69. The van der Waals surface area contributed by atoms with E-state index in [4.69, 9.17) is 17.0 Å². The first-order chi connectivity index (χ1) is 15.3. The van der Waals surface area contributed by atoms with E-state index in [1.165, 1.54) is 31.4 Å². The van der Waals surface area contributed by atoms with Gasteiger partial charge in [-0.15, -0.1) is 0 Å². The van der Waals surface area contributed by atoms with Crippen molar-refractivity contribution in [3.05, 3.63) is 78.4 Å². The Balaban J connectivity index is 1.56. The van der Waals surface area contributed by atoms with Crippen molar-refractivity contribution in [3.8, 4) is 11.4 Å². The first-order valence-electron chi connectivity index (χ1n) is 11.2. The Hall–Kier alpha value is -2.86. The molecule has 1 saturated carbocycles. The van der Waals surface area contributed by atoms with Crippen LogP contribution in [-0.2, 0) is 0 Å². The Morgan fingerprint density at radius 1 is 1.06 bits per heavy atom. The van der Waals surface area contributed by atoms with Crippen LogP contribution in [0.3, 0.4) is 0 Å². The second-order valence-corrected chi connectivity index (χ2v) is 8.59. The zero-order chi connectivity index (χ0) is 21.2. The molecule has 0 radical (unpaired) electrons. The van der Waals surface area contributed by atoms with Crippen LogP contribution in [0, 0.1) is 0 Å². The van der Waals surface area contributed by atoms with E-state index in [2.05, 4.69) is 56.3 Å². The molecule has 1 aromatic carbocycles. The van der Waals surface area contributed by atoms with E-state index in [0.717, 1.165) is 22.2 Å². The van der Waals surface area contributed by atoms with Crippen LogP contribution in [0.25, 0.3) is 5.69 Å². The van der Waals surface area contributed by atoms with E-state index in [1.807, 2.05) is 37.4 Å². The van der Waals surface area contributed by atoms with E-state index >= 15 is 0 Å². The molecule has 1 N–H and O–H groups in total. The van der Waals surface area contributed by atoms with Crippen LogP contribution in [0.4, 0.5) is 0 Å². The summed E-state index contributed by atoms with van der Waals surface area (Å²) in [7, 11) is 0. The molecule has 2 aliphatic rings. The highest BCUT2D eigenvalue weighted by molar-refractivity contribution is 7.80. The van der Waals surface area contributed by atoms with Crippen LogP contribution in [0.5, 0.6) is 5.75 Å². The molecule has 0 spiro atoms. The molecular weight excluding hydrogens is 404 g/mol. The number of rotatable bonds is 6. The summed E-state index contributed by atoms with van der Waals surface area (Å²) in [5, 5.41) is 4.44. The lowest BCUT2D eigenvalue weighted by atomic mass is 9.99. The van der Waals surface area contributed by atoms with Gasteiger partial charge in [0.25, 0.3) is 0 Å². The fourth-order valence-corrected chi connectivity index (χ4v) is 5.39. The summed E-state index contributed by atoms with van der Waals surface area (Å²) in [6, 6.07) is 19.3. The topological polar surface area (TPSA) is 42.3 Å². The summed E-state index contributed by atoms with van der Waals surface area (Å²) in [5.74, 6) is 0.891. The molecule has 5 rings (SSSR count). The number of ether oxygens (including phenoxy) is 1. The Morgan fingerprint density at radius 2 is 1.87 bits per heavy atom. The van der Waals surface area contributed by atoms with Gasteiger partial charge >= 0.3 is 0 Å². The second kappa shape index (κ2) is 8.71. The van der Waals surface area contributed by atoms with Gasteiger partial charge < -0.3 is 19.5 Å². The van der Waals surface area contributed by atoms with Crippen molar-refractivity contribution < 1.29 is 4.74 Å². The molecule has 1 aliphatic carbocycles. The van der Waals surface area contributed by atoms with Crippen LogP contribution >= 0.6 is 12.2 Å². The van der Waals surface area contributed by atoms with Crippen molar-refractivity contribution in [2.24, 2.45) is 0 Å². The number of nitrogens with zero attached hydrogens (tertiary/aromatic N) is 3. The van der Waals surface area contributed by atoms with Gasteiger partial charge in [-0.3, -0.25) is 4.98 Å². The van der Waals surface area contributed by atoms with Crippen molar-refractivity contribution in [3.63, 3.8) is 0 Å². The van der Waals surface area contributed by atoms with Crippen LogP contribution in [0.2, 0.25) is 0 Å². The zero-order valence-corrected chi connectivity index (χ0v) is 18.6. The van der Waals surface area contributed by atoms with E-state index < -0.39 is 0 Å². The Morgan fingerprint density at radius 3 is 2.58 bits per heavy atom. The first kappa shape index (κ1) is 20.1. The normalized spacial score (nSPS) is 21.5. The molecule has 31 heavy (non-hydrogen) atoms. The lowest BCUT2D eigenvalue weighted by Gasteiger charge is -2.33. The van der Waals surface area contributed by atoms with Crippen LogP contribution < -0.4 is 10.1 Å². The second-order valence-electron chi connectivity index (χ2n) is 8.20. The number of hydrogen-bond acceptors (Lipinski definition) is 3. The maximum Gasteiger partial charge on any atom is 0.170 e. The van der Waals surface area contributed by atoms with Gasteiger partial charge in [-0.2, -0.15) is 0 Å². The monoisotopic (exact) mass is 432 g/mol. The van der Waals surface area contributed by atoms with Gasteiger partial charge in [0.2, 0.25) is 0 Å². The van der Waals surface area contributed by atoms with Crippen LogP contribution in [0.15, 0.2) is 67.0 Å². The number of pyridine rings is 1. The molecule has 0 amide bonds. The fraction of sp³-hybridized carbons (Fsp3) is 0.360. The van der Waals surface area contributed by atoms with E-state index in [0.29, 0.717) is 12.6 Å². The predicted octanol–water partition coefficient (Wildman–Crippen LogP) is 5.19. The van der Waals surface area contributed by atoms with Gasteiger partial charge in [-0.25, -0.2) is 0 Å². The minimum absolute atomic E-state index is 0.0191. The number of benzene rings is 1. The van der Waals surface area contributed by atoms with Gasteiger partial charge in [-0.05, 0) is 80.5 Å². The van der Waals surface area contributed by atoms with Crippen molar-refractivity contribution in [1.29, 1.82) is 0 Å². The molecule has 1 aliphatic heterocycles. The van der Waals surface area contributed by atoms with Crippen LogP contribution in [0.1, 0.15) is 56.1 Å². The summed E-state index contributed by atoms with van der Waals surface area (Å²) >= 11 is 5.87. The Labute approximate surface area is 189 Å². The highest BCUT2D eigenvalue weighted by Crippen LogP contribution is 2.43. The lowest BCUT2D eigenvalue weighted by molar-refractivity contribution is 0.239. The van der Waals surface area contributed by atoms with Crippen molar-refractivity contribution in [2.45, 2.75) is 50.7 Å². The molecule has 2 atom stereocenters. The molecule has 5 nitrogen and oxygen atoms in total. The third kappa shape index (κ3) is 3.81. The maximum absolute atomic E-state index is 5.87. The highest BCUT2D eigenvalue weighted by Gasteiger charge is 2.44. The summed E-state index contributed by atoms with van der Waals surface area (Å²) in [6.07, 6.45) is 8.92. The van der Waals surface area contributed by atoms with Crippen molar-refractivity contribution in [1.82, 2.24) is 19.8 Å². The number of thiocarbonyl (C=S) groups is 1. The van der Waals surface area contributed by atoms with Crippen LogP contribution in [-0.4, -0.2) is 32.2 Å². The van der Waals surface area contributed by atoms with E-state index in [1.54, 1.807) is 0 Å². The predicted molar refractivity (Wildman–Crippen MR) is 126 cm³/mol. The average molecular weight is 433 g/mol. The van der Waals surface area contributed by atoms with Gasteiger partial charge in [0.05, 0.1) is 24.4 Å². The standard InChI is InChI=1S/C25H28N4OS/c1-2-30-20-14-12-18(13-15-20)28-17-7-11-22(28)24-23(21-10-5-6-16-26-21)27-25(31)29(24)19-8-3-4-9-19/h5-7,10-17,19,23-24H,2-4,8-9H2,1H3,(H,27,31)/t23-,24-/m0/s1. The molecule has 2 fully saturated rings. The molecule has 3 heterocycles. The molecular formula is C25H28N4OS. The lowest BCUT2D eigenvalue weighted by Crippen LogP contribution is -2.38. The van der Waals surface area contributed by atoms with E-state index in [-0.39, 0.29) is 12.1 Å². The molecule has 1 saturated heterocycles. The molecule has 160 valence electrons. The smallest absolute Gasteiger partial charge is 0.170 e. The SMILES string of the molecule is CCOc1ccc(-n2cccc2[C@H]2[C@H](c3ccccn3)NC(=S)N2C2CCCC2)cc1. The summed E-state index contributed by atoms with van der Waals surface area (Å²) in [6.45, 7) is 2.67. The number of hydrogen-bond donors (Lipinski definition) is 1. The zero-order valence-electron chi connectivity index (χ0n) is 17.8. The minimum Gasteiger partial charge on any atom is -0.494 e. The maximum atomic E-state index is 5.87. The molecule has 3 aromatic rings. The summed E-state index contributed by atoms with van der Waals surface area (Å²) in [5.41, 5.74) is 3.36. The minimum atomic E-state index is 0.0191.